The number of hydrogen-bond acceptors (Lipinski definition) is 4. The van der Waals surface area contributed by atoms with E-state index in [9.17, 15) is 4.79 Å². The van der Waals surface area contributed by atoms with Crippen molar-refractivity contribution in [3.63, 3.8) is 0 Å². The van der Waals surface area contributed by atoms with E-state index in [1.165, 1.54) is 0 Å². The molecule has 2 aromatic rings. The van der Waals surface area contributed by atoms with E-state index < -0.39 is 11.9 Å². The Balaban J connectivity index is 1.87. The van der Waals surface area contributed by atoms with Crippen molar-refractivity contribution >= 4 is 5.91 Å². The minimum atomic E-state index is -0.582. The van der Waals surface area contributed by atoms with Gasteiger partial charge in [0.25, 0.3) is 0 Å². The van der Waals surface area contributed by atoms with E-state index in [1.54, 1.807) is 0 Å². The predicted molar refractivity (Wildman–Crippen MR) is 91.6 cm³/mol. The Morgan fingerprint density at radius 3 is 2.62 bits per heavy atom. The summed E-state index contributed by atoms with van der Waals surface area (Å²) < 4.78 is 10.8. The summed E-state index contributed by atoms with van der Waals surface area (Å²) in [4.78, 5) is 11.9. The van der Waals surface area contributed by atoms with E-state index in [-0.39, 0.29) is 12.8 Å². The molecule has 1 amide bonds. The fraction of sp³-hybridized carbons (Fsp3) is 0.211. The van der Waals surface area contributed by atoms with Gasteiger partial charge in [0, 0.05) is 6.04 Å². The van der Waals surface area contributed by atoms with Crippen LogP contribution in [0.25, 0.3) is 0 Å². The van der Waals surface area contributed by atoms with Crippen LogP contribution in [0.5, 0.6) is 11.5 Å². The van der Waals surface area contributed by atoms with E-state index in [0.29, 0.717) is 12.2 Å². The lowest BCUT2D eigenvalue weighted by Gasteiger charge is -2.24. The number of nitrogens with two attached hydrogens (primary N) is 1. The molecule has 3 rings (SSSR count). The second kappa shape index (κ2) is 7.19. The minimum absolute atomic E-state index is 0.116. The van der Waals surface area contributed by atoms with Crippen molar-refractivity contribution < 1.29 is 14.3 Å². The Labute approximate surface area is 141 Å². The molecule has 24 heavy (non-hydrogen) atoms. The van der Waals surface area contributed by atoms with E-state index in [1.807, 2.05) is 54.6 Å². The fourth-order valence-corrected chi connectivity index (χ4v) is 2.79. The zero-order valence-electron chi connectivity index (χ0n) is 13.3. The van der Waals surface area contributed by atoms with Gasteiger partial charge in [0.2, 0.25) is 12.7 Å². The molecule has 3 N–H and O–H groups in total. The molecule has 2 atom stereocenters. The van der Waals surface area contributed by atoms with Crippen molar-refractivity contribution in [1.82, 2.24) is 5.32 Å². The number of amides is 1. The van der Waals surface area contributed by atoms with Crippen LogP contribution >= 0.6 is 0 Å². The van der Waals surface area contributed by atoms with Crippen LogP contribution in [0.3, 0.4) is 0 Å². The summed E-state index contributed by atoms with van der Waals surface area (Å²) in [7, 11) is 0. The molecule has 1 heterocycles. The molecule has 0 unspecified atom stereocenters. The van der Waals surface area contributed by atoms with Crippen molar-refractivity contribution in [3.05, 3.63) is 72.3 Å². The number of primary amides is 1. The van der Waals surface area contributed by atoms with Crippen LogP contribution in [0, 0.1) is 0 Å². The van der Waals surface area contributed by atoms with Gasteiger partial charge in [0.1, 0.15) is 6.04 Å². The standard InChI is InChI=1S/C19H20N2O3/c1-2-6-15(14-9-10-16-17(11-14)24-12-23-16)21-18(19(20)22)13-7-4-3-5-8-13/h2-5,7-11,15,18,21H,1,6,12H2,(H2,20,22)/t15-,18-/m1/s1. The molecule has 0 saturated heterocycles. The first kappa shape index (κ1) is 16.1. The molecule has 124 valence electrons. The maximum Gasteiger partial charge on any atom is 0.239 e. The second-order valence-corrected chi connectivity index (χ2v) is 5.60. The number of carbonyl (C=O) groups is 1. The Hall–Kier alpha value is -2.79. The molecule has 1 aliphatic rings. The van der Waals surface area contributed by atoms with Crippen molar-refractivity contribution in [2.24, 2.45) is 5.73 Å². The number of nitrogens with one attached hydrogen (secondary N) is 1. The van der Waals surface area contributed by atoms with Crippen molar-refractivity contribution in [2.75, 3.05) is 6.79 Å². The Morgan fingerprint density at radius 2 is 1.92 bits per heavy atom. The first-order valence-corrected chi connectivity index (χ1v) is 7.80. The van der Waals surface area contributed by atoms with E-state index in [0.717, 1.165) is 16.9 Å². The molecule has 0 saturated carbocycles. The second-order valence-electron chi connectivity index (χ2n) is 5.60. The lowest BCUT2D eigenvalue weighted by molar-refractivity contribution is -0.120. The molecule has 0 radical (unpaired) electrons. The summed E-state index contributed by atoms with van der Waals surface area (Å²) in [5.41, 5.74) is 7.43. The highest BCUT2D eigenvalue weighted by Crippen LogP contribution is 2.35. The van der Waals surface area contributed by atoms with Gasteiger partial charge in [-0.1, -0.05) is 42.5 Å². The van der Waals surface area contributed by atoms with Crippen LogP contribution in [0.1, 0.15) is 29.6 Å². The first-order chi connectivity index (χ1) is 11.7. The van der Waals surface area contributed by atoms with Crippen LogP contribution in [0.2, 0.25) is 0 Å². The topological polar surface area (TPSA) is 73.6 Å². The summed E-state index contributed by atoms with van der Waals surface area (Å²) in [5, 5.41) is 3.34. The zero-order valence-corrected chi connectivity index (χ0v) is 13.3. The number of fused-ring (bicyclic) bond motifs is 1. The highest BCUT2D eigenvalue weighted by molar-refractivity contribution is 5.81. The molecule has 0 aromatic heterocycles. The fourth-order valence-electron chi connectivity index (χ4n) is 2.79. The van der Waals surface area contributed by atoms with Gasteiger partial charge in [0.05, 0.1) is 0 Å². The third-order valence-electron chi connectivity index (χ3n) is 3.99. The monoisotopic (exact) mass is 324 g/mol. The quantitative estimate of drug-likeness (QED) is 0.768. The maximum atomic E-state index is 11.9. The van der Waals surface area contributed by atoms with Crippen LogP contribution in [0.4, 0.5) is 0 Å². The number of rotatable bonds is 7. The molecule has 2 aromatic carbocycles. The molecule has 0 spiro atoms. The normalized spacial score (nSPS) is 14.8. The molecule has 0 aliphatic carbocycles. The molecule has 0 fully saturated rings. The van der Waals surface area contributed by atoms with Gasteiger partial charge in [0.15, 0.2) is 11.5 Å². The SMILES string of the molecule is C=CC[C@@H](N[C@@H](C(N)=O)c1ccccc1)c1ccc2c(c1)OCO2. The average molecular weight is 324 g/mol. The Bertz CT molecular complexity index is 731. The first-order valence-electron chi connectivity index (χ1n) is 7.80. The molecule has 1 aliphatic heterocycles. The third kappa shape index (κ3) is 3.41. The number of ether oxygens (including phenoxy) is 2. The summed E-state index contributed by atoms with van der Waals surface area (Å²) in [6, 6.07) is 14.5. The van der Waals surface area contributed by atoms with Crippen LogP contribution < -0.4 is 20.5 Å². The van der Waals surface area contributed by atoms with Gasteiger partial charge in [-0.05, 0) is 29.7 Å². The van der Waals surface area contributed by atoms with Crippen molar-refractivity contribution in [1.29, 1.82) is 0 Å². The van der Waals surface area contributed by atoms with Gasteiger partial charge in [-0.3, -0.25) is 10.1 Å². The molecular weight excluding hydrogens is 304 g/mol. The lowest BCUT2D eigenvalue weighted by atomic mass is 9.99. The number of carbonyl (C=O) groups excluding carboxylic acids is 1. The smallest absolute Gasteiger partial charge is 0.239 e. The van der Waals surface area contributed by atoms with Crippen LogP contribution in [-0.4, -0.2) is 12.7 Å². The van der Waals surface area contributed by atoms with E-state index >= 15 is 0 Å². The Morgan fingerprint density at radius 1 is 1.17 bits per heavy atom. The largest absolute Gasteiger partial charge is 0.454 e. The molecule has 0 bridgehead atoms. The lowest BCUT2D eigenvalue weighted by Crippen LogP contribution is -2.36. The maximum absolute atomic E-state index is 11.9. The van der Waals surface area contributed by atoms with Crippen molar-refractivity contribution in [3.8, 4) is 11.5 Å². The van der Waals surface area contributed by atoms with Crippen LogP contribution in [0.15, 0.2) is 61.2 Å². The van der Waals surface area contributed by atoms with E-state index in [4.69, 9.17) is 15.2 Å². The summed E-state index contributed by atoms with van der Waals surface area (Å²) in [6.45, 7) is 4.04. The van der Waals surface area contributed by atoms with Gasteiger partial charge in [-0.2, -0.15) is 0 Å². The minimum Gasteiger partial charge on any atom is -0.454 e. The van der Waals surface area contributed by atoms with Gasteiger partial charge in [-0.15, -0.1) is 6.58 Å². The van der Waals surface area contributed by atoms with Gasteiger partial charge in [-0.25, -0.2) is 0 Å². The summed E-state index contributed by atoms with van der Waals surface area (Å²) >= 11 is 0. The zero-order chi connectivity index (χ0) is 16.9. The Kier molecular flexibility index (Phi) is 4.82. The highest BCUT2D eigenvalue weighted by atomic mass is 16.7. The highest BCUT2D eigenvalue weighted by Gasteiger charge is 2.23. The third-order valence-corrected chi connectivity index (χ3v) is 3.99. The molecule has 5 nitrogen and oxygen atoms in total. The summed E-state index contributed by atoms with van der Waals surface area (Å²) in [5.74, 6) is 1.01. The summed E-state index contributed by atoms with van der Waals surface area (Å²) in [6.07, 6.45) is 2.46. The van der Waals surface area contributed by atoms with Crippen LogP contribution in [-0.2, 0) is 4.79 Å². The van der Waals surface area contributed by atoms with Gasteiger partial charge >= 0.3 is 0 Å². The van der Waals surface area contributed by atoms with E-state index in [2.05, 4.69) is 11.9 Å². The average Bonchev–Trinajstić information content (AvgIpc) is 3.06. The number of hydrogen-bond donors (Lipinski definition) is 2. The van der Waals surface area contributed by atoms with Gasteiger partial charge < -0.3 is 15.2 Å². The number of benzene rings is 2. The predicted octanol–water partition coefficient (Wildman–Crippen LogP) is 2.85. The molecule has 5 heteroatoms. The molecular formula is C19H20N2O3. The van der Waals surface area contributed by atoms with Crippen molar-refractivity contribution in [2.45, 2.75) is 18.5 Å².